The lowest BCUT2D eigenvalue weighted by Crippen LogP contribution is -2.07. The summed E-state index contributed by atoms with van der Waals surface area (Å²) >= 11 is 10.1. The zero-order valence-corrected chi connectivity index (χ0v) is 9.66. The van der Waals surface area contributed by atoms with E-state index in [2.05, 4.69) is 42.4 Å². The van der Waals surface area contributed by atoms with Crippen LogP contribution in [0.2, 0.25) is 0 Å². The van der Waals surface area contributed by atoms with Crippen molar-refractivity contribution in [3.05, 3.63) is 10.0 Å². The lowest BCUT2D eigenvalue weighted by Gasteiger charge is -2.10. The van der Waals surface area contributed by atoms with Crippen molar-refractivity contribution in [2.45, 2.75) is 24.9 Å². The summed E-state index contributed by atoms with van der Waals surface area (Å²) in [6.45, 7) is 4.08. The fourth-order valence-electron chi connectivity index (χ4n) is 0.801. The number of aromatic nitrogens is 2. The summed E-state index contributed by atoms with van der Waals surface area (Å²) in [5, 5.41) is 10.1. The minimum absolute atomic E-state index is 0.120. The quantitative estimate of drug-likeness (QED) is 0.603. The number of aryl methyl sites for hydroxylation is 1. The van der Waals surface area contributed by atoms with Gasteiger partial charge in [0.1, 0.15) is 10.0 Å². The molecule has 1 unspecified atom stereocenters. The molecule has 0 spiro atoms. The molecule has 1 rings (SSSR count). The topological polar surface area (TPSA) is 25.8 Å². The van der Waals surface area contributed by atoms with Crippen LogP contribution in [0.5, 0.6) is 0 Å². The summed E-state index contributed by atoms with van der Waals surface area (Å²) in [6.07, 6.45) is 0.920. The highest BCUT2D eigenvalue weighted by atomic mass is 32.2. The van der Waals surface area contributed by atoms with Crippen LogP contribution < -0.4 is 0 Å². The molecule has 0 fully saturated rings. The van der Waals surface area contributed by atoms with E-state index in [-0.39, 0.29) is 4.58 Å². The molecule has 0 saturated carbocycles. The minimum Gasteiger partial charge on any atom is -0.165 e. The van der Waals surface area contributed by atoms with Crippen LogP contribution in [0, 0.1) is 12.8 Å². The van der Waals surface area contributed by atoms with Gasteiger partial charge in [-0.1, -0.05) is 6.92 Å². The van der Waals surface area contributed by atoms with E-state index in [1.54, 1.807) is 11.3 Å². The molecule has 0 amide bonds. The Labute approximate surface area is 87.6 Å². The fraction of sp³-hybridized carbons (Fsp3) is 0.714. The Bertz CT molecular complexity index is 247. The molecule has 5 heteroatoms. The van der Waals surface area contributed by atoms with Gasteiger partial charge < -0.3 is 0 Å². The van der Waals surface area contributed by atoms with Gasteiger partial charge in [-0.2, -0.15) is 25.3 Å². The predicted octanol–water partition coefficient (Wildman–Crippen LogP) is 2.21. The molecule has 0 N–H and O–H groups in total. The first kappa shape index (κ1) is 10.3. The molecule has 0 radical (unpaired) electrons. The zero-order chi connectivity index (χ0) is 9.14. The molecule has 0 aromatic carbocycles. The number of rotatable bonds is 3. The van der Waals surface area contributed by atoms with E-state index in [9.17, 15) is 0 Å². The SMILES string of the molecule is Cc1nnc(CC(C)C(S)S)s1. The van der Waals surface area contributed by atoms with Crippen molar-refractivity contribution in [2.24, 2.45) is 5.92 Å². The molecule has 1 aromatic heterocycles. The van der Waals surface area contributed by atoms with Crippen molar-refractivity contribution in [3.63, 3.8) is 0 Å². The Morgan fingerprint density at radius 1 is 1.42 bits per heavy atom. The summed E-state index contributed by atoms with van der Waals surface area (Å²) in [4.78, 5) is 0. The molecule has 0 bridgehead atoms. The van der Waals surface area contributed by atoms with Crippen molar-refractivity contribution < 1.29 is 0 Å². The van der Waals surface area contributed by atoms with E-state index >= 15 is 0 Å². The third kappa shape index (κ3) is 2.95. The highest BCUT2D eigenvalue weighted by Gasteiger charge is 2.11. The molecule has 1 heterocycles. The van der Waals surface area contributed by atoms with Crippen LogP contribution in [0.15, 0.2) is 0 Å². The van der Waals surface area contributed by atoms with Crippen molar-refractivity contribution in [3.8, 4) is 0 Å². The van der Waals surface area contributed by atoms with Gasteiger partial charge in [0.05, 0.1) is 0 Å². The average Bonchev–Trinajstić information content (AvgIpc) is 2.35. The molecular weight excluding hydrogens is 208 g/mol. The first-order valence-electron chi connectivity index (χ1n) is 3.74. The molecule has 0 aliphatic rings. The molecule has 1 aromatic rings. The van der Waals surface area contributed by atoms with Crippen LogP contribution in [0.25, 0.3) is 0 Å². The first-order valence-corrected chi connectivity index (χ1v) is 5.59. The van der Waals surface area contributed by atoms with Gasteiger partial charge in [0.15, 0.2) is 0 Å². The van der Waals surface area contributed by atoms with Gasteiger partial charge >= 0.3 is 0 Å². The molecule has 0 aliphatic carbocycles. The van der Waals surface area contributed by atoms with Crippen molar-refractivity contribution in [2.75, 3.05) is 0 Å². The van der Waals surface area contributed by atoms with Crippen LogP contribution in [0.4, 0.5) is 0 Å². The second-order valence-corrected chi connectivity index (χ2v) is 5.60. The van der Waals surface area contributed by atoms with Gasteiger partial charge in [-0.3, -0.25) is 0 Å². The first-order chi connectivity index (χ1) is 5.59. The normalized spacial score (nSPS) is 13.8. The lowest BCUT2D eigenvalue weighted by molar-refractivity contribution is 0.632. The van der Waals surface area contributed by atoms with E-state index < -0.39 is 0 Å². The maximum absolute atomic E-state index is 4.25. The Balaban J connectivity index is 2.52. The summed E-state index contributed by atoms with van der Waals surface area (Å²) in [5.41, 5.74) is 0. The summed E-state index contributed by atoms with van der Waals surface area (Å²) in [6, 6.07) is 0. The van der Waals surface area contributed by atoms with Gasteiger partial charge in [-0.25, -0.2) is 0 Å². The second-order valence-electron chi connectivity index (χ2n) is 2.81. The Hall–Kier alpha value is 0.260. The highest BCUT2D eigenvalue weighted by molar-refractivity contribution is 7.99. The number of hydrogen-bond donors (Lipinski definition) is 2. The lowest BCUT2D eigenvalue weighted by atomic mass is 10.1. The van der Waals surface area contributed by atoms with E-state index in [4.69, 9.17) is 0 Å². The maximum Gasteiger partial charge on any atom is 0.117 e. The smallest absolute Gasteiger partial charge is 0.117 e. The number of nitrogens with zero attached hydrogens (tertiary/aromatic N) is 2. The largest absolute Gasteiger partial charge is 0.165 e. The minimum atomic E-state index is 0.120. The summed E-state index contributed by atoms with van der Waals surface area (Å²) < 4.78 is 0.120. The molecular formula is C7H12N2S3. The van der Waals surface area contributed by atoms with Gasteiger partial charge in [0, 0.05) is 11.0 Å². The Kier molecular flexibility index (Phi) is 3.86. The van der Waals surface area contributed by atoms with Crippen LogP contribution in [0.3, 0.4) is 0 Å². The van der Waals surface area contributed by atoms with Crippen LogP contribution in [-0.4, -0.2) is 14.8 Å². The third-order valence-corrected chi connectivity index (χ3v) is 3.45. The van der Waals surface area contributed by atoms with E-state index in [1.807, 2.05) is 6.92 Å². The third-order valence-electron chi connectivity index (χ3n) is 1.57. The monoisotopic (exact) mass is 220 g/mol. The van der Waals surface area contributed by atoms with Crippen molar-refractivity contribution in [1.82, 2.24) is 10.2 Å². The van der Waals surface area contributed by atoms with Gasteiger partial charge in [0.25, 0.3) is 0 Å². The molecule has 2 nitrogen and oxygen atoms in total. The second kappa shape index (κ2) is 4.48. The fourth-order valence-corrected chi connectivity index (χ4v) is 1.86. The predicted molar refractivity (Wildman–Crippen MR) is 59.3 cm³/mol. The molecule has 68 valence electrons. The Morgan fingerprint density at radius 2 is 2.08 bits per heavy atom. The van der Waals surface area contributed by atoms with E-state index in [0.717, 1.165) is 16.4 Å². The Morgan fingerprint density at radius 3 is 2.50 bits per heavy atom. The van der Waals surface area contributed by atoms with Crippen LogP contribution >= 0.6 is 36.6 Å². The van der Waals surface area contributed by atoms with E-state index in [1.165, 1.54) is 0 Å². The molecule has 0 saturated heterocycles. The van der Waals surface area contributed by atoms with Gasteiger partial charge in [-0.15, -0.1) is 21.5 Å². The highest BCUT2D eigenvalue weighted by Crippen LogP contribution is 2.20. The molecule has 12 heavy (non-hydrogen) atoms. The van der Waals surface area contributed by atoms with Crippen molar-refractivity contribution in [1.29, 1.82) is 0 Å². The zero-order valence-electron chi connectivity index (χ0n) is 7.06. The molecule has 0 aliphatic heterocycles. The van der Waals surface area contributed by atoms with Crippen LogP contribution in [0.1, 0.15) is 16.9 Å². The molecule has 1 atom stereocenters. The average molecular weight is 220 g/mol. The van der Waals surface area contributed by atoms with Crippen molar-refractivity contribution >= 4 is 36.6 Å². The van der Waals surface area contributed by atoms with Gasteiger partial charge in [-0.05, 0) is 12.8 Å². The summed E-state index contributed by atoms with van der Waals surface area (Å²) in [5.74, 6) is 0.434. The van der Waals surface area contributed by atoms with Crippen LogP contribution in [-0.2, 0) is 6.42 Å². The summed E-state index contributed by atoms with van der Waals surface area (Å²) in [7, 11) is 0. The van der Waals surface area contributed by atoms with Gasteiger partial charge in [0.2, 0.25) is 0 Å². The van der Waals surface area contributed by atoms with E-state index in [0.29, 0.717) is 5.92 Å². The number of thiol groups is 2. The standard InChI is InChI=1S/C7H12N2S3/c1-4(7(10)11)3-6-9-8-5(2)12-6/h4,7,10-11H,3H2,1-2H3. The number of hydrogen-bond acceptors (Lipinski definition) is 5. The maximum atomic E-state index is 4.25.